The Morgan fingerprint density at radius 1 is 0.920 bits per heavy atom. The Morgan fingerprint density at radius 3 is 2.28 bits per heavy atom. The van der Waals surface area contributed by atoms with Crippen molar-refractivity contribution in [2.45, 2.75) is 20.3 Å². The fourth-order valence-electron chi connectivity index (χ4n) is 3.16. The molecule has 1 saturated heterocycles. The van der Waals surface area contributed by atoms with Gasteiger partial charge in [0.2, 0.25) is 5.91 Å². The molecule has 1 aromatic carbocycles. The molecule has 0 unspecified atom stereocenters. The topological polar surface area (TPSA) is 53.5 Å². The summed E-state index contributed by atoms with van der Waals surface area (Å²) in [5, 5.41) is 0. The van der Waals surface area contributed by atoms with Gasteiger partial charge in [0.1, 0.15) is 0 Å². The van der Waals surface area contributed by atoms with Gasteiger partial charge in [-0.1, -0.05) is 30.3 Å². The maximum Gasteiger partial charge on any atom is 0.255 e. The van der Waals surface area contributed by atoms with E-state index in [4.69, 9.17) is 0 Å². The zero-order valence-electron chi connectivity index (χ0n) is 14.7. The van der Waals surface area contributed by atoms with Gasteiger partial charge in [-0.3, -0.25) is 14.6 Å². The molecule has 1 fully saturated rings. The van der Waals surface area contributed by atoms with Gasteiger partial charge in [-0.15, -0.1) is 0 Å². The molecular weight excluding hydrogens is 314 g/mol. The summed E-state index contributed by atoms with van der Waals surface area (Å²) in [6.07, 6.45) is 0.805. The van der Waals surface area contributed by atoms with E-state index in [1.807, 2.05) is 54.3 Å². The summed E-state index contributed by atoms with van der Waals surface area (Å²) in [4.78, 5) is 32.7. The van der Waals surface area contributed by atoms with Crippen molar-refractivity contribution in [1.82, 2.24) is 14.8 Å². The molecular formula is C20H23N3O2. The average molecular weight is 337 g/mol. The first-order valence-electron chi connectivity index (χ1n) is 8.64. The minimum absolute atomic E-state index is 0.00462. The van der Waals surface area contributed by atoms with Gasteiger partial charge in [-0.25, -0.2) is 0 Å². The number of hydrogen-bond donors (Lipinski definition) is 0. The van der Waals surface area contributed by atoms with E-state index >= 15 is 0 Å². The Balaban J connectivity index is 1.77. The zero-order valence-corrected chi connectivity index (χ0v) is 14.7. The SMILES string of the molecule is CC(=O)N1CCCN(C(=O)c2ccc(-c3ccccc3)nc2C)CC1. The number of nitrogens with zero attached hydrogens (tertiary/aromatic N) is 3. The largest absolute Gasteiger partial charge is 0.341 e. The number of hydrogen-bond acceptors (Lipinski definition) is 3. The van der Waals surface area contributed by atoms with Crippen molar-refractivity contribution in [2.75, 3.05) is 26.2 Å². The summed E-state index contributed by atoms with van der Waals surface area (Å²) in [7, 11) is 0. The van der Waals surface area contributed by atoms with Crippen LogP contribution >= 0.6 is 0 Å². The lowest BCUT2D eigenvalue weighted by atomic mass is 10.1. The molecule has 0 saturated carbocycles. The van der Waals surface area contributed by atoms with Crippen molar-refractivity contribution in [1.29, 1.82) is 0 Å². The molecule has 3 rings (SSSR count). The van der Waals surface area contributed by atoms with E-state index in [0.29, 0.717) is 31.7 Å². The quantitative estimate of drug-likeness (QED) is 0.847. The lowest BCUT2D eigenvalue weighted by Gasteiger charge is -2.22. The van der Waals surface area contributed by atoms with Gasteiger partial charge in [0.05, 0.1) is 17.0 Å². The van der Waals surface area contributed by atoms with Gasteiger partial charge in [-0.2, -0.15) is 0 Å². The highest BCUT2D eigenvalue weighted by Gasteiger charge is 2.22. The van der Waals surface area contributed by atoms with Crippen LogP contribution in [0.2, 0.25) is 0 Å². The van der Waals surface area contributed by atoms with Crippen LogP contribution in [0.3, 0.4) is 0 Å². The van der Waals surface area contributed by atoms with Crippen LogP contribution in [0.5, 0.6) is 0 Å². The van der Waals surface area contributed by atoms with E-state index < -0.39 is 0 Å². The molecule has 1 aliphatic rings. The van der Waals surface area contributed by atoms with Crippen LogP contribution in [0.4, 0.5) is 0 Å². The predicted octanol–water partition coefficient (Wildman–Crippen LogP) is 2.75. The first-order chi connectivity index (χ1) is 12.1. The third-order valence-electron chi connectivity index (χ3n) is 4.61. The molecule has 0 spiro atoms. The van der Waals surface area contributed by atoms with Crippen LogP contribution in [0.1, 0.15) is 29.4 Å². The van der Waals surface area contributed by atoms with Crippen LogP contribution in [-0.2, 0) is 4.79 Å². The Hall–Kier alpha value is -2.69. The molecule has 0 aliphatic carbocycles. The third kappa shape index (κ3) is 3.87. The van der Waals surface area contributed by atoms with Gasteiger partial charge >= 0.3 is 0 Å². The fourth-order valence-corrected chi connectivity index (χ4v) is 3.16. The van der Waals surface area contributed by atoms with Gasteiger partial charge in [0.25, 0.3) is 5.91 Å². The van der Waals surface area contributed by atoms with Crippen LogP contribution in [0.25, 0.3) is 11.3 Å². The Bertz CT molecular complexity index is 774. The second-order valence-corrected chi connectivity index (χ2v) is 6.35. The summed E-state index contributed by atoms with van der Waals surface area (Å²) in [6.45, 7) is 5.99. The minimum atomic E-state index is -0.00462. The molecule has 0 N–H and O–H groups in total. The number of pyridine rings is 1. The number of amides is 2. The lowest BCUT2D eigenvalue weighted by Crippen LogP contribution is -2.36. The third-order valence-corrected chi connectivity index (χ3v) is 4.61. The molecule has 5 nitrogen and oxygen atoms in total. The van der Waals surface area contributed by atoms with Crippen molar-refractivity contribution in [3.63, 3.8) is 0 Å². The van der Waals surface area contributed by atoms with E-state index in [2.05, 4.69) is 4.98 Å². The van der Waals surface area contributed by atoms with Crippen LogP contribution in [0, 0.1) is 6.92 Å². The highest BCUT2D eigenvalue weighted by molar-refractivity contribution is 5.95. The number of aryl methyl sites for hydroxylation is 1. The molecule has 25 heavy (non-hydrogen) atoms. The summed E-state index contributed by atoms with van der Waals surface area (Å²) >= 11 is 0. The summed E-state index contributed by atoms with van der Waals surface area (Å²) in [5.41, 5.74) is 3.28. The molecule has 0 radical (unpaired) electrons. The van der Waals surface area contributed by atoms with Gasteiger partial charge in [-0.05, 0) is 25.5 Å². The van der Waals surface area contributed by atoms with E-state index in [0.717, 1.165) is 23.4 Å². The molecule has 0 atom stereocenters. The van der Waals surface area contributed by atoms with Crippen LogP contribution < -0.4 is 0 Å². The number of aromatic nitrogens is 1. The number of carbonyl (C=O) groups is 2. The van der Waals surface area contributed by atoms with Crippen molar-refractivity contribution in [3.05, 3.63) is 53.7 Å². The zero-order chi connectivity index (χ0) is 17.8. The number of carbonyl (C=O) groups excluding carboxylic acids is 2. The molecule has 2 aromatic rings. The monoisotopic (exact) mass is 337 g/mol. The summed E-state index contributed by atoms with van der Waals surface area (Å²) in [5.74, 6) is 0.0642. The highest BCUT2D eigenvalue weighted by atomic mass is 16.2. The second kappa shape index (κ2) is 7.47. The molecule has 1 aliphatic heterocycles. The first-order valence-corrected chi connectivity index (χ1v) is 8.64. The van der Waals surface area contributed by atoms with Crippen LogP contribution in [-0.4, -0.2) is 52.8 Å². The molecule has 0 bridgehead atoms. The van der Waals surface area contributed by atoms with Gasteiger partial charge < -0.3 is 9.80 Å². The molecule has 2 amide bonds. The second-order valence-electron chi connectivity index (χ2n) is 6.35. The Labute approximate surface area is 148 Å². The maximum atomic E-state index is 12.9. The first kappa shape index (κ1) is 17.1. The predicted molar refractivity (Wildman–Crippen MR) is 97.2 cm³/mol. The number of benzene rings is 1. The molecule has 1 aromatic heterocycles. The Kier molecular flexibility index (Phi) is 5.12. The summed E-state index contributed by atoms with van der Waals surface area (Å²) in [6, 6.07) is 13.7. The molecule has 2 heterocycles. The Morgan fingerprint density at radius 2 is 1.60 bits per heavy atom. The number of rotatable bonds is 2. The lowest BCUT2D eigenvalue weighted by molar-refractivity contribution is -0.128. The van der Waals surface area contributed by atoms with Crippen LogP contribution in [0.15, 0.2) is 42.5 Å². The maximum absolute atomic E-state index is 12.9. The van der Waals surface area contributed by atoms with E-state index in [9.17, 15) is 9.59 Å². The van der Waals surface area contributed by atoms with E-state index in [-0.39, 0.29) is 11.8 Å². The normalized spacial score (nSPS) is 15.0. The van der Waals surface area contributed by atoms with Crippen molar-refractivity contribution < 1.29 is 9.59 Å². The smallest absolute Gasteiger partial charge is 0.255 e. The van der Waals surface area contributed by atoms with Crippen molar-refractivity contribution >= 4 is 11.8 Å². The summed E-state index contributed by atoms with van der Waals surface area (Å²) < 4.78 is 0. The van der Waals surface area contributed by atoms with E-state index in [1.165, 1.54) is 0 Å². The van der Waals surface area contributed by atoms with E-state index in [1.54, 1.807) is 11.8 Å². The fraction of sp³-hybridized carbons (Fsp3) is 0.350. The molecule has 130 valence electrons. The van der Waals surface area contributed by atoms with Crippen molar-refractivity contribution in [3.8, 4) is 11.3 Å². The standard InChI is InChI=1S/C20H23N3O2/c1-15-18(9-10-19(21-15)17-7-4-3-5-8-17)20(25)23-12-6-11-22(13-14-23)16(2)24/h3-5,7-10H,6,11-14H2,1-2H3. The average Bonchev–Trinajstić information content (AvgIpc) is 2.88. The molecule has 5 heteroatoms. The highest BCUT2D eigenvalue weighted by Crippen LogP contribution is 2.20. The minimum Gasteiger partial charge on any atom is -0.341 e. The van der Waals surface area contributed by atoms with Gasteiger partial charge in [0.15, 0.2) is 0 Å². The van der Waals surface area contributed by atoms with Gasteiger partial charge in [0, 0.05) is 38.7 Å². The van der Waals surface area contributed by atoms with Crippen molar-refractivity contribution in [2.24, 2.45) is 0 Å².